The fourth-order valence-corrected chi connectivity index (χ4v) is 3.75. The second-order valence-corrected chi connectivity index (χ2v) is 6.69. The highest BCUT2D eigenvalue weighted by Gasteiger charge is 2.32. The van der Waals surface area contributed by atoms with Crippen LogP contribution in [0.3, 0.4) is 0 Å². The maximum atomic E-state index is 4.24. The number of nitrogens with one attached hydrogen (secondary N) is 1. The minimum atomic E-state index is 0.660. The lowest BCUT2D eigenvalue weighted by atomic mass is 9.70. The van der Waals surface area contributed by atoms with E-state index in [4.69, 9.17) is 0 Å². The molecule has 0 aromatic carbocycles. The molecule has 3 heteroatoms. The highest BCUT2D eigenvalue weighted by atomic mass is 14.9. The molecule has 0 amide bonds. The smallest absolute Gasteiger partial charge is 0.115 e. The van der Waals surface area contributed by atoms with Crippen molar-refractivity contribution in [1.82, 2.24) is 15.3 Å². The van der Waals surface area contributed by atoms with Crippen LogP contribution in [0.5, 0.6) is 0 Å². The van der Waals surface area contributed by atoms with Gasteiger partial charge in [0.05, 0.1) is 0 Å². The lowest BCUT2D eigenvalue weighted by molar-refractivity contribution is 0.219. The van der Waals surface area contributed by atoms with Gasteiger partial charge in [0.1, 0.15) is 6.33 Å². The van der Waals surface area contributed by atoms with Crippen LogP contribution in [-0.4, -0.2) is 22.6 Å². The summed E-state index contributed by atoms with van der Waals surface area (Å²) in [5.41, 5.74) is 1.36. The summed E-state index contributed by atoms with van der Waals surface area (Å²) >= 11 is 0. The van der Waals surface area contributed by atoms with E-state index in [9.17, 15) is 0 Å². The molecule has 1 N–H and O–H groups in total. The molecule has 3 nitrogen and oxygen atoms in total. The summed E-state index contributed by atoms with van der Waals surface area (Å²) < 4.78 is 0. The Morgan fingerprint density at radius 3 is 2.65 bits per heavy atom. The summed E-state index contributed by atoms with van der Waals surface area (Å²) in [5.74, 6) is 2.34. The van der Waals surface area contributed by atoms with Gasteiger partial charge in [-0.25, -0.2) is 9.97 Å². The molecule has 3 rings (SSSR count). The monoisotopic (exact) mass is 273 g/mol. The fourth-order valence-electron chi connectivity index (χ4n) is 3.75. The first kappa shape index (κ1) is 14.0. The minimum absolute atomic E-state index is 0.660. The number of aromatic nitrogens is 2. The molecular formula is C17H27N3. The molecule has 1 aromatic heterocycles. The van der Waals surface area contributed by atoms with E-state index in [2.05, 4.69) is 22.2 Å². The van der Waals surface area contributed by atoms with Gasteiger partial charge in [0.2, 0.25) is 0 Å². The molecule has 3 atom stereocenters. The molecule has 2 aliphatic carbocycles. The molecule has 3 unspecified atom stereocenters. The number of nitrogens with zero attached hydrogens (tertiary/aromatic N) is 2. The van der Waals surface area contributed by atoms with Crippen LogP contribution < -0.4 is 5.32 Å². The van der Waals surface area contributed by atoms with Gasteiger partial charge < -0.3 is 5.32 Å². The Bertz CT molecular complexity index is 402. The Labute approximate surface area is 122 Å². The van der Waals surface area contributed by atoms with Gasteiger partial charge in [-0.05, 0) is 55.5 Å². The number of hydrogen-bond donors (Lipinski definition) is 1. The lowest BCUT2D eigenvalue weighted by Gasteiger charge is -2.36. The molecule has 0 radical (unpaired) electrons. The van der Waals surface area contributed by atoms with Crippen LogP contribution in [0.4, 0.5) is 0 Å². The van der Waals surface area contributed by atoms with Crippen molar-refractivity contribution in [3.8, 4) is 0 Å². The first-order chi connectivity index (χ1) is 9.86. The molecule has 20 heavy (non-hydrogen) atoms. The Morgan fingerprint density at radius 2 is 1.95 bits per heavy atom. The van der Waals surface area contributed by atoms with Crippen molar-refractivity contribution >= 4 is 0 Å². The largest absolute Gasteiger partial charge is 0.314 e. The summed E-state index contributed by atoms with van der Waals surface area (Å²) in [6.45, 7) is 3.49. The van der Waals surface area contributed by atoms with Crippen LogP contribution in [0, 0.1) is 11.8 Å². The second kappa shape index (κ2) is 6.66. The standard InChI is InChI=1S/C17H27N3/c1-2-3-13-4-5-14(11-20-16-6-7-16)17(8-13)15-9-18-12-19-10-15/h9-10,12-14,16-17,20H,2-8,11H2,1H3. The maximum absolute atomic E-state index is 4.24. The molecule has 0 bridgehead atoms. The molecular weight excluding hydrogens is 246 g/mol. The Hall–Kier alpha value is -0.960. The molecule has 0 saturated heterocycles. The van der Waals surface area contributed by atoms with E-state index >= 15 is 0 Å². The van der Waals surface area contributed by atoms with Gasteiger partial charge in [-0.15, -0.1) is 0 Å². The Morgan fingerprint density at radius 1 is 1.15 bits per heavy atom. The first-order valence-corrected chi connectivity index (χ1v) is 8.35. The van der Waals surface area contributed by atoms with Crippen LogP contribution in [0.25, 0.3) is 0 Å². The van der Waals surface area contributed by atoms with E-state index in [-0.39, 0.29) is 0 Å². The van der Waals surface area contributed by atoms with Crippen molar-refractivity contribution in [2.45, 2.75) is 63.8 Å². The second-order valence-electron chi connectivity index (χ2n) is 6.69. The van der Waals surface area contributed by atoms with Crippen LogP contribution in [0.1, 0.15) is 63.4 Å². The van der Waals surface area contributed by atoms with Crippen molar-refractivity contribution < 1.29 is 0 Å². The first-order valence-electron chi connectivity index (χ1n) is 8.35. The Balaban J connectivity index is 1.67. The highest BCUT2D eigenvalue weighted by molar-refractivity contribution is 5.13. The van der Waals surface area contributed by atoms with Gasteiger partial charge in [-0.1, -0.05) is 26.2 Å². The normalized spacial score (nSPS) is 30.4. The van der Waals surface area contributed by atoms with E-state index in [1.165, 1.54) is 57.1 Å². The van der Waals surface area contributed by atoms with Gasteiger partial charge in [0, 0.05) is 18.4 Å². The predicted octanol–water partition coefficient (Wildman–Crippen LogP) is 3.53. The number of hydrogen-bond acceptors (Lipinski definition) is 3. The summed E-state index contributed by atoms with van der Waals surface area (Å²) in [7, 11) is 0. The van der Waals surface area contributed by atoms with Crippen LogP contribution in [-0.2, 0) is 0 Å². The average Bonchev–Trinajstić information content (AvgIpc) is 3.31. The van der Waals surface area contributed by atoms with Crippen molar-refractivity contribution in [1.29, 1.82) is 0 Å². The zero-order valence-corrected chi connectivity index (χ0v) is 12.6. The minimum Gasteiger partial charge on any atom is -0.314 e. The van der Waals surface area contributed by atoms with E-state index in [0.29, 0.717) is 5.92 Å². The molecule has 2 saturated carbocycles. The third kappa shape index (κ3) is 3.57. The molecule has 1 heterocycles. The fraction of sp³-hybridized carbons (Fsp3) is 0.765. The number of rotatable bonds is 6. The molecule has 1 aromatic rings. The van der Waals surface area contributed by atoms with Gasteiger partial charge in [-0.3, -0.25) is 0 Å². The van der Waals surface area contributed by atoms with Crippen LogP contribution >= 0.6 is 0 Å². The van der Waals surface area contributed by atoms with E-state index in [0.717, 1.165) is 17.9 Å². The topological polar surface area (TPSA) is 37.8 Å². The van der Waals surface area contributed by atoms with Gasteiger partial charge in [-0.2, -0.15) is 0 Å². The highest BCUT2D eigenvalue weighted by Crippen LogP contribution is 2.41. The lowest BCUT2D eigenvalue weighted by Crippen LogP contribution is -2.33. The van der Waals surface area contributed by atoms with E-state index in [1.54, 1.807) is 6.33 Å². The van der Waals surface area contributed by atoms with E-state index < -0.39 is 0 Å². The third-order valence-electron chi connectivity index (χ3n) is 5.05. The van der Waals surface area contributed by atoms with Crippen LogP contribution in [0.15, 0.2) is 18.7 Å². The molecule has 2 fully saturated rings. The predicted molar refractivity (Wildman–Crippen MR) is 81.5 cm³/mol. The zero-order valence-electron chi connectivity index (χ0n) is 12.6. The summed E-state index contributed by atoms with van der Waals surface area (Å²) in [6, 6.07) is 0.816. The van der Waals surface area contributed by atoms with Gasteiger partial charge >= 0.3 is 0 Å². The molecule has 0 spiro atoms. The van der Waals surface area contributed by atoms with Crippen molar-refractivity contribution in [2.75, 3.05) is 6.54 Å². The van der Waals surface area contributed by atoms with E-state index in [1.807, 2.05) is 12.4 Å². The molecule has 0 aliphatic heterocycles. The quantitative estimate of drug-likeness (QED) is 0.861. The SMILES string of the molecule is CCCC1CCC(CNC2CC2)C(c2cncnc2)C1. The summed E-state index contributed by atoms with van der Waals surface area (Å²) in [6.07, 6.45) is 15.3. The summed E-state index contributed by atoms with van der Waals surface area (Å²) in [4.78, 5) is 8.48. The van der Waals surface area contributed by atoms with Crippen molar-refractivity contribution in [3.05, 3.63) is 24.3 Å². The van der Waals surface area contributed by atoms with Crippen LogP contribution in [0.2, 0.25) is 0 Å². The third-order valence-corrected chi connectivity index (χ3v) is 5.05. The molecule has 2 aliphatic rings. The van der Waals surface area contributed by atoms with Crippen molar-refractivity contribution in [2.24, 2.45) is 11.8 Å². The van der Waals surface area contributed by atoms with Gasteiger partial charge in [0.15, 0.2) is 0 Å². The summed E-state index contributed by atoms with van der Waals surface area (Å²) in [5, 5.41) is 3.73. The molecule has 110 valence electrons. The van der Waals surface area contributed by atoms with Crippen molar-refractivity contribution in [3.63, 3.8) is 0 Å². The maximum Gasteiger partial charge on any atom is 0.115 e. The zero-order chi connectivity index (χ0) is 13.8. The Kier molecular flexibility index (Phi) is 4.66. The average molecular weight is 273 g/mol. The van der Waals surface area contributed by atoms with Gasteiger partial charge in [0.25, 0.3) is 0 Å².